The topological polar surface area (TPSA) is 58.9 Å². The molecule has 0 aromatic carbocycles. The molecule has 0 N–H and O–H groups in total. The third-order valence-corrected chi connectivity index (χ3v) is 4.70. The summed E-state index contributed by atoms with van der Waals surface area (Å²) in [5.41, 5.74) is -0.470. The van der Waals surface area contributed by atoms with E-state index in [9.17, 15) is 8.42 Å². The fourth-order valence-electron chi connectivity index (χ4n) is 0.717. The predicted molar refractivity (Wildman–Crippen MR) is 86.6 cm³/mol. The Morgan fingerprint density at radius 2 is 0.947 bits per heavy atom. The molecule has 0 saturated carbocycles. The van der Waals surface area contributed by atoms with E-state index in [0.29, 0.717) is 0 Å². The molecule has 0 heterocycles. The molecule has 0 saturated heterocycles. The van der Waals surface area contributed by atoms with Crippen molar-refractivity contribution in [2.24, 2.45) is 14.2 Å². The molecular weight excluding hydrogens is 280 g/mol. The highest BCUT2D eigenvalue weighted by Gasteiger charge is 2.22. The molecule has 0 amide bonds. The van der Waals surface area contributed by atoms with Crippen molar-refractivity contribution in [3.63, 3.8) is 0 Å². The van der Waals surface area contributed by atoms with Gasteiger partial charge >= 0.3 is 0 Å². The van der Waals surface area contributed by atoms with Gasteiger partial charge < -0.3 is 0 Å². The van der Waals surface area contributed by atoms with Gasteiger partial charge in [-0.25, -0.2) is 8.42 Å². The maximum Gasteiger partial charge on any atom is 0.144 e. The average molecular weight is 306 g/mol. The predicted octanol–water partition coefficient (Wildman–Crippen LogP) is 3.08. The highest BCUT2D eigenvalue weighted by atomic mass is 32.2. The third kappa shape index (κ3) is 7.72. The maximum atomic E-state index is 11.8. The largest absolute Gasteiger partial charge is 0.234 e. The van der Waals surface area contributed by atoms with Crippen LogP contribution in [0, 0.1) is 5.41 Å². The Kier molecular flexibility index (Phi) is 6.27. The lowest BCUT2D eigenvalue weighted by Gasteiger charge is -2.17. The van der Waals surface area contributed by atoms with E-state index in [1.54, 1.807) is 12.4 Å². The van der Waals surface area contributed by atoms with E-state index in [1.165, 1.54) is 0 Å². The van der Waals surface area contributed by atoms with Gasteiger partial charge in [-0.2, -0.15) is 8.80 Å². The van der Waals surface area contributed by atoms with Crippen molar-refractivity contribution in [3.8, 4) is 0 Å². The number of nitrogens with zero attached hydrogens (tertiary/aromatic N) is 2. The van der Waals surface area contributed by atoms with Gasteiger partial charge in [-0.3, -0.25) is 0 Å². The van der Waals surface area contributed by atoms with Crippen LogP contribution in [-0.4, -0.2) is 30.3 Å². The summed E-state index contributed by atoms with van der Waals surface area (Å²) in [4.78, 5) is 0. The van der Waals surface area contributed by atoms with Gasteiger partial charge in [0.1, 0.15) is 22.0 Å². The van der Waals surface area contributed by atoms with Crippen LogP contribution in [-0.2, 0) is 22.0 Å². The Bertz CT molecular complexity index is 375. The second kappa shape index (κ2) is 6.39. The van der Waals surface area contributed by atoms with Gasteiger partial charge in [0.25, 0.3) is 0 Å². The van der Waals surface area contributed by atoms with Crippen LogP contribution < -0.4 is 0 Å². The molecule has 6 heteroatoms. The average Bonchev–Trinajstić information content (AvgIpc) is 2.20. The molecule has 0 aliphatic carbocycles. The summed E-state index contributed by atoms with van der Waals surface area (Å²) in [5, 5.41) is 0. The van der Waals surface area contributed by atoms with Crippen molar-refractivity contribution >= 4 is 34.4 Å². The summed E-state index contributed by atoms with van der Waals surface area (Å²) in [5.74, 6) is 0. The quantitative estimate of drug-likeness (QED) is 0.749. The lowest BCUT2D eigenvalue weighted by molar-refractivity contribution is 0.649. The van der Waals surface area contributed by atoms with Crippen LogP contribution in [0.25, 0.3) is 0 Å². The Hall–Kier alpha value is -0.360. The van der Waals surface area contributed by atoms with E-state index >= 15 is 0 Å². The van der Waals surface area contributed by atoms with Crippen LogP contribution in [0.5, 0.6) is 0 Å². The molecule has 0 fully saturated rings. The zero-order chi connectivity index (χ0) is 15.5. The molecule has 4 nitrogen and oxygen atoms in total. The van der Waals surface area contributed by atoms with Crippen LogP contribution in [0.1, 0.15) is 55.4 Å². The second-order valence-corrected chi connectivity index (χ2v) is 10.9. The van der Waals surface area contributed by atoms with E-state index < -0.39 is 27.4 Å². The summed E-state index contributed by atoms with van der Waals surface area (Å²) >= 11 is 0. The van der Waals surface area contributed by atoms with Gasteiger partial charge in [-0.15, -0.1) is 0 Å². The summed E-state index contributed by atoms with van der Waals surface area (Å²) in [6.07, 6.45) is 3.22. The lowest BCUT2D eigenvalue weighted by Crippen LogP contribution is -2.24. The molecule has 0 rings (SSSR count). The van der Waals surface area contributed by atoms with E-state index in [0.717, 1.165) is 0 Å². The first-order chi connectivity index (χ1) is 8.26. The summed E-state index contributed by atoms with van der Waals surface area (Å²) in [6, 6.07) is 0. The van der Waals surface area contributed by atoms with Gasteiger partial charge in [0, 0.05) is 17.8 Å². The first-order valence-corrected chi connectivity index (χ1v) is 8.41. The molecular formula is C13H26N2O2S2. The van der Waals surface area contributed by atoms with Crippen LogP contribution >= 0.6 is 0 Å². The van der Waals surface area contributed by atoms with E-state index in [2.05, 4.69) is 8.80 Å². The molecule has 0 radical (unpaired) electrons. The smallest absolute Gasteiger partial charge is 0.144 e. The third-order valence-electron chi connectivity index (χ3n) is 2.01. The van der Waals surface area contributed by atoms with Crippen LogP contribution in [0.2, 0.25) is 0 Å². The standard InChI is InChI=1S/C13H26N2O2S2/c1-11(2,3)18(16)14-9-13(7,8)10-15-19(17)12(4,5)6/h9-10H,1-8H3/b14-9+,15-10+. The number of rotatable bonds is 4. The van der Waals surface area contributed by atoms with Crippen molar-refractivity contribution in [2.45, 2.75) is 64.9 Å². The lowest BCUT2D eigenvalue weighted by atomic mass is 9.98. The van der Waals surface area contributed by atoms with Gasteiger partial charge in [0.2, 0.25) is 0 Å². The van der Waals surface area contributed by atoms with E-state index in [4.69, 9.17) is 0 Å². The summed E-state index contributed by atoms with van der Waals surface area (Å²) in [6.45, 7) is 15.0. The highest BCUT2D eigenvalue weighted by molar-refractivity contribution is 7.85. The van der Waals surface area contributed by atoms with Gasteiger partial charge in [0.15, 0.2) is 0 Å². The van der Waals surface area contributed by atoms with Crippen molar-refractivity contribution in [3.05, 3.63) is 0 Å². The van der Waals surface area contributed by atoms with Crippen LogP contribution in [0.3, 0.4) is 0 Å². The van der Waals surface area contributed by atoms with E-state index in [1.807, 2.05) is 55.4 Å². The molecule has 0 bridgehead atoms. The molecule has 0 aromatic heterocycles. The van der Waals surface area contributed by atoms with Gasteiger partial charge in [0.05, 0.1) is 9.49 Å². The maximum absolute atomic E-state index is 11.8. The molecule has 2 unspecified atom stereocenters. The molecule has 0 aliphatic rings. The van der Waals surface area contributed by atoms with Crippen molar-refractivity contribution in [1.82, 2.24) is 0 Å². The Morgan fingerprint density at radius 3 is 1.16 bits per heavy atom. The first kappa shape index (κ1) is 18.6. The Balaban J connectivity index is 4.84. The fourth-order valence-corrected chi connectivity index (χ4v) is 2.08. The van der Waals surface area contributed by atoms with Gasteiger partial charge in [-0.05, 0) is 55.4 Å². The minimum absolute atomic E-state index is 0.377. The summed E-state index contributed by atoms with van der Waals surface area (Å²) < 4.78 is 31.0. The van der Waals surface area contributed by atoms with Gasteiger partial charge in [-0.1, -0.05) is 0 Å². The SMILES string of the molecule is CC(C)(/C=N/S(=O)C(C)(C)C)/C=N/S(=O)C(C)(C)C. The molecule has 2 atom stereocenters. The molecule has 112 valence electrons. The number of hydrogen-bond donors (Lipinski definition) is 0. The first-order valence-electron chi connectivity index (χ1n) is 6.20. The Morgan fingerprint density at radius 1 is 0.684 bits per heavy atom. The Labute approximate surface area is 122 Å². The molecule has 0 aromatic rings. The van der Waals surface area contributed by atoms with Crippen molar-refractivity contribution in [2.75, 3.05) is 0 Å². The van der Waals surface area contributed by atoms with Crippen molar-refractivity contribution < 1.29 is 8.42 Å². The van der Waals surface area contributed by atoms with Crippen LogP contribution in [0.15, 0.2) is 8.80 Å². The normalized spacial score (nSPS) is 18.1. The fraction of sp³-hybridized carbons (Fsp3) is 0.846. The van der Waals surface area contributed by atoms with Crippen LogP contribution in [0.4, 0.5) is 0 Å². The second-order valence-electron chi connectivity index (χ2n) is 7.01. The monoisotopic (exact) mass is 306 g/mol. The number of hydrogen-bond acceptors (Lipinski definition) is 2. The molecule has 0 spiro atoms. The zero-order valence-electron chi connectivity index (χ0n) is 13.2. The minimum Gasteiger partial charge on any atom is -0.234 e. The van der Waals surface area contributed by atoms with Crippen molar-refractivity contribution in [1.29, 1.82) is 0 Å². The molecule has 19 heavy (non-hydrogen) atoms. The molecule has 0 aliphatic heterocycles. The minimum atomic E-state index is -1.28. The summed E-state index contributed by atoms with van der Waals surface area (Å²) in [7, 11) is -2.57. The highest BCUT2D eigenvalue weighted by Crippen LogP contribution is 2.17. The zero-order valence-corrected chi connectivity index (χ0v) is 14.8. The van der Waals surface area contributed by atoms with E-state index in [-0.39, 0.29) is 9.49 Å².